The smallest absolute Gasteiger partial charge is 0.224 e. The molecule has 1 aromatic heterocycles. The number of nitrogens with zero attached hydrogens (tertiary/aromatic N) is 2. The minimum absolute atomic E-state index is 0.386. The monoisotopic (exact) mass is 235 g/mol. The van der Waals surface area contributed by atoms with Gasteiger partial charge in [0.25, 0.3) is 0 Å². The Morgan fingerprint density at radius 3 is 2.50 bits per heavy atom. The third kappa shape index (κ3) is 2.61. The van der Waals surface area contributed by atoms with Crippen molar-refractivity contribution >= 4 is 17.4 Å². The van der Waals surface area contributed by atoms with Gasteiger partial charge in [-0.05, 0) is 31.2 Å². The van der Waals surface area contributed by atoms with Crippen LogP contribution in [0.3, 0.4) is 0 Å². The Labute approximate surface area is 98.0 Å². The first-order chi connectivity index (χ1) is 7.63. The molecule has 0 fully saturated rings. The van der Waals surface area contributed by atoms with Crippen LogP contribution in [0.15, 0.2) is 30.3 Å². The Hall–Kier alpha value is -1.81. The predicted octanol–water partition coefficient (Wildman–Crippen LogP) is 2.81. The summed E-state index contributed by atoms with van der Waals surface area (Å²) in [6.45, 7) is 1.76. The number of nitrogen functional groups attached to an aromatic ring is 1. The summed E-state index contributed by atoms with van der Waals surface area (Å²) in [5.74, 6) is 2.04. The van der Waals surface area contributed by atoms with E-state index in [9.17, 15) is 0 Å². The highest BCUT2D eigenvalue weighted by molar-refractivity contribution is 6.30. The molecule has 0 amide bonds. The lowest BCUT2D eigenvalue weighted by Gasteiger charge is -2.05. The Morgan fingerprint density at radius 1 is 1.19 bits per heavy atom. The molecular formula is C11H10ClN3O. The van der Waals surface area contributed by atoms with E-state index in [1.165, 1.54) is 0 Å². The predicted molar refractivity (Wildman–Crippen MR) is 62.7 cm³/mol. The first-order valence-corrected chi connectivity index (χ1v) is 5.06. The van der Waals surface area contributed by atoms with E-state index in [1.54, 1.807) is 37.3 Å². The van der Waals surface area contributed by atoms with Crippen molar-refractivity contribution in [3.63, 3.8) is 0 Å². The third-order valence-corrected chi connectivity index (χ3v) is 2.12. The average molecular weight is 236 g/mol. The molecule has 0 saturated heterocycles. The minimum atomic E-state index is 0.386. The highest BCUT2D eigenvalue weighted by atomic mass is 35.5. The number of rotatable bonds is 2. The molecule has 0 aliphatic carbocycles. The standard InChI is InChI=1S/C11H10ClN3O/c1-7-14-10(13)6-11(15-7)16-9-4-2-8(12)3-5-9/h2-6H,1H3,(H2,13,14,15). The fraction of sp³-hybridized carbons (Fsp3) is 0.0909. The molecule has 0 unspecified atom stereocenters. The van der Waals surface area contributed by atoms with Gasteiger partial charge in [0, 0.05) is 11.1 Å². The van der Waals surface area contributed by atoms with E-state index in [0.717, 1.165) is 0 Å². The minimum Gasteiger partial charge on any atom is -0.439 e. The lowest BCUT2D eigenvalue weighted by Crippen LogP contribution is -1.97. The van der Waals surface area contributed by atoms with Gasteiger partial charge in [-0.2, -0.15) is 4.98 Å². The summed E-state index contributed by atoms with van der Waals surface area (Å²) >= 11 is 5.76. The van der Waals surface area contributed by atoms with E-state index >= 15 is 0 Å². The van der Waals surface area contributed by atoms with Crippen molar-refractivity contribution in [1.82, 2.24) is 9.97 Å². The molecular weight excluding hydrogens is 226 g/mol. The quantitative estimate of drug-likeness (QED) is 0.870. The summed E-state index contributed by atoms with van der Waals surface area (Å²) < 4.78 is 5.51. The molecule has 0 bridgehead atoms. The van der Waals surface area contributed by atoms with Crippen LogP contribution in [-0.4, -0.2) is 9.97 Å². The van der Waals surface area contributed by atoms with E-state index in [4.69, 9.17) is 22.1 Å². The van der Waals surface area contributed by atoms with Crippen molar-refractivity contribution in [2.45, 2.75) is 6.92 Å². The molecule has 0 saturated carbocycles. The van der Waals surface area contributed by atoms with E-state index in [0.29, 0.717) is 28.3 Å². The van der Waals surface area contributed by atoms with Crippen LogP contribution in [0.4, 0.5) is 5.82 Å². The Balaban J connectivity index is 2.23. The molecule has 0 radical (unpaired) electrons. The van der Waals surface area contributed by atoms with Crippen molar-refractivity contribution < 1.29 is 4.74 Å². The number of hydrogen-bond donors (Lipinski definition) is 1. The van der Waals surface area contributed by atoms with Crippen molar-refractivity contribution in [3.05, 3.63) is 41.2 Å². The molecule has 0 aliphatic rings. The zero-order valence-electron chi connectivity index (χ0n) is 8.64. The molecule has 2 N–H and O–H groups in total. The van der Waals surface area contributed by atoms with Crippen molar-refractivity contribution in [2.75, 3.05) is 5.73 Å². The first-order valence-electron chi connectivity index (χ1n) is 4.68. The number of nitrogens with two attached hydrogens (primary N) is 1. The van der Waals surface area contributed by atoms with Gasteiger partial charge in [-0.3, -0.25) is 0 Å². The Bertz CT molecular complexity index is 479. The number of ether oxygens (including phenoxy) is 1. The van der Waals surface area contributed by atoms with Gasteiger partial charge in [0.05, 0.1) is 0 Å². The number of aromatic nitrogens is 2. The molecule has 16 heavy (non-hydrogen) atoms. The van der Waals surface area contributed by atoms with Crippen LogP contribution < -0.4 is 10.5 Å². The summed E-state index contributed by atoms with van der Waals surface area (Å²) in [5.41, 5.74) is 5.58. The third-order valence-electron chi connectivity index (χ3n) is 1.87. The van der Waals surface area contributed by atoms with E-state index < -0.39 is 0 Å². The lowest BCUT2D eigenvalue weighted by molar-refractivity contribution is 0.460. The number of hydrogen-bond acceptors (Lipinski definition) is 4. The molecule has 4 nitrogen and oxygen atoms in total. The molecule has 0 atom stereocenters. The highest BCUT2D eigenvalue weighted by Gasteiger charge is 2.01. The first kappa shape index (κ1) is 10.7. The summed E-state index contributed by atoms with van der Waals surface area (Å²) in [6.07, 6.45) is 0. The maximum atomic E-state index is 5.76. The molecule has 0 spiro atoms. The van der Waals surface area contributed by atoms with Crippen molar-refractivity contribution in [1.29, 1.82) is 0 Å². The summed E-state index contributed by atoms with van der Waals surface area (Å²) in [6, 6.07) is 8.58. The van der Waals surface area contributed by atoms with Crippen molar-refractivity contribution in [3.8, 4) is 11.6 Å². The molecule has 2 rings (SSSR count). The van der Waals surface area contributed by atoms with Gasteiger partial charge in [0.2, 0.25) is 5.88 Å². The second-order valence-corrected chi connectivity index (χ2v) is 3.67. The number of benzene rings is 1. The lowest BCUT2D eigenvalue weighted by atomic mass is 10.3. The second kappa shape index (κ2) is 4.37. The normalized spacial score (nSPS) is 10.1. The van der Waals surface area contributed by atoms with E-state index in [-0.39, 0.29) is 0 Å². The molecule has 82 valence electrons. The Morgan fingerprint density at radius 2 is 1.88 bits per heavy atom. The van der Waals surface area contributed by atoms with Gasteiger partial charge < -0.3 is 10.5 Å². The van der Waals surface area contributed by atoms with Crippen molar-refractivity contribution in [2.24, 2.45) is 0 Å². The molecule has 1 aromatic carbocycles. The molecule has 0 aliphatic heterocycles. The maximum absolute atomic E-state index is 5.76. The van der Waals surface area contributed by atoms with Crippen LogP contribution in [0, 0.1) is 6.92 Å². The van der Waals surface area contributed by atoms with Gasteiger partial charge in [-0.25, -0.2) is 4.98 Å². The second-order valence-electron chi connectivity index (χ2n) is 3.23. The fourth-order valence-electron chi connectivity index (χ4n) is 1.24. The molecule has 2 aromatic rings. The summed E-state index contributed by atoms with van der Waals surface area (Å²) in [7, 11) is 0. The maximum Gasteiger partial charge on any atom is 0.224 e. The van der Waals surface area contributed by atoms with Crippen LogP contribution >= 0.6 is 11.6 Å². The van der Waals surface area contributed by atoms with Gasteiger partial charge in [0.15, 0.2) is 0 Å². The van der Waals surface area contributed by atoms with Gasteiger partial charge >= 0.3 is 0 Å². The Kier molecular flexibility index (Phi) is 2.92. The fourth-order valence-corrected chi connectivity index (χ4v) is 1.36. The summed E-state index contributed by atoms with van der Waals surface area (Å²) in [5, 5.41) is 0.658. The number of halogens is 1. The van der Waals surface area contributed by atoms with Gasteiger partial charge in [0.1, 0.15) is 17.4 Å². The SMILES string of the molecule is Cc1nc(N)cc(Oc2ccc(Cl)cc2)n1. The number of aryl methyl sites for hydroxylation is 1. The van der Waals surface area contributed by atoms with E-state index in [1.807, 2.05) is 0 Å². The summed E-state index contributed by atoms with van der Waals surface area (Å²) in [4.78, 5) is 8.06. The average Bonchev–Trinajstić information content (AvgIpc) is 2.20. The highest BCUT2D eigenvalue weighted by Crippen LogP contribution is 2.22. The largest absolute Gasteiger partial charge is 0.439 e. The van der Waals surface area contributed by atoms with Crippen LogP contribution in [-0.2, 0) is 0 Å². The van der Waals surface area contributed by atoms with Gasteiger partial charge in [-0.15, -0.1) is 0 Å². The van der Waals surface area contributed by atoms with Crippen LogP contribution in [0.1, 0.15) is 5.82 Å². The topological polar surface area (TPSA) is 61.0 Å². The van der Waals surface area contributed by atoms with Crippen LogP contribution in [0.2, 0.25) is 5.02 Å². The van der Waals surface area contributed by atoms with E-state index in [2.05, 4.69) is 9.97 Å². The zero-order chi connectivity index (χ0) is 11.5. The molecule has 5 heteroatoms. The zero-order valence-corrected chi connectivity index (χ0v) is 9.40. The van der Waals surface area contributed by atoms with Crippen LogP contribution in [0.5, 0.6) is 11.6 Å². The molecule has 1 heterocycles. The number of anilines is 1. The van der Waals surface area contributed by atoms with Crippen LogP contribution in [0.25, 0.3) is 0 Å². The van der Waals surface area contributed by atoms with Gasteiger partial charge in [-0.1, -0.05) is 11.6 Å².